The largest absolute Gasteiger partial charge is 0.481 e. The molecular weight excluding hydrogens is 304 g/mol. The van der Waals surface area contributed by atoms with Gasteiger partial charge < -0.3 is 15.0 Å². The molecule has 122 valence electrons. The summed E-state index contributed by atoms with van der Waals surface area (Å²) < 4.78 is 5.70. The number of amides is 1. The Balaban J connectivity index is 0.00000242. The highest BCUT2D eigenvalue weighted by atomic mass is 35.5. The number of hydrogen-bond donors (Lipinski definition) is 1. The lowest BCUT2D eigenvalue weighted by Crippen LogP contribution is -2.55. The molecule has 0 aliphatic carbocycles. The molecule has 22 heavy (non-hydrogen) atoms. The van der Waals surface area contributed by atoms with Crippen molar-refractivity contribution in [2.24, 2.45) is 0 Å². The molecule has 1 saturated heterocycles. The zero-order chi connectivity index (χ0) is 15.4. The average Bonchev–Trinajstić information content (AvgIpc) is 2.47. The van der Waals surface area contributed by atoms with Crippen LogP contribution < -0.4 is 10.1 Å². The van der Waals surface area contributed by atoms with E-state index in [1.807, 2.05) is 11.8 Å². The maximum absolute atomic E-state index is 12.4. The van der Waals surface area contributed by atoms with Crippen molar-refractivity contribution in [3.8, 4) is 5.75 Å². The fourth-order valence-electron chi connectivity index (χ4n) is 2.44. The fraction of sp³-hybridized carbons (Fsp3) is 0.500. The molecule has 1 heterocycles. The number of benzene rings is 1. The number of rotatable bonds is 4. The van der Waals surface area contributed by atoms with Crippen molar-refractivity contribution >= 4 is 24.1 Å². The summed E-state index contributed by atoms with van der Waals surface area (Å²) >= 11 is 0. The van der Waals surface area contributed by atoms with Gasteiger partial charge in [0.1, 0.15) is 5.75 Å². The van der Waals surface area contributed by atoms with Crippen molar-refractivity contribution in [3.05, 3.63) is 29.8 Å². The van der Waals surface area contributed by atoms with Gasteiger partial charge in [-0.15, -0.1) is 12.4 Å². The second-order valence-corrected chi connectivity index (χ2v) is 5.43. The molecule has 0 radical (unpaired) electrons. The minimum atomic E-state index is -0.562. The van der Waals surface area contributed by atoms with E-state index in [-0.39, 0.29) is 30.1 Å². The number of ketones is 1. The number of nitrogens with one attached hydrogen (secondary N) is 1. The summed E-state index contributed by atoms with van der Waals surface area (Å²) in [5.41, 5.74) is 0.586. The highest BCUT2D eigenvalue weighted by molar-refractivity contribution is 5.94. The zero-order valence-corrected chi connectivity index (χ0v) is 14.0. The van der Waals surface area contributed by atoms with E-state index < -0.39 is 6.10 Å². The van der Waals surface area contributed by atoms with E-state index in [1.165, 1.54) is 6.92 Å². The molecule has 2 atom stereocenters. The standard InChI is InChI=1S/C16H22N2O3.ClH/c1-11-10-17-7-8-18(11)16(20)13(3)21-15-6-4-5-14(9-15)12(2)19;/h4-6,9,11,13,17H,7-8,10H2,1-3H3;1H/t11-,13?;/m1./s1. The first-order chi connectivity index (χ1) is 9.99. The van der Waals surface area contributed by atoms with Crippen LogP contribution in [-0.4, -0.2) is 48.4 Å². The van der Waals surface area contributed by atoms with Crippen LogP contribution in [-0.2, 0) is 4.79 Å². The first-order valence-electron chi connectivity index (χ1n) is 7.28. The summed E-state index contributed by atoms with van der Waals surface area (Å²) in [6, 6.07) is 7.10. The third-order valence-electron chi connectivity index (χ3n) is 3.69. The van der Waals surface area contributed by atoms with Crippen LogP contribution in [0.5, 0.6) is 5.75 Å². The smallest absolute Gasteiger partial charge is 0.263 e. The van der Waals surface area contributed by atoms with Crippen molar-refractivity contribution in [1.82, 2.24) is 10.2 Å². The topological polar surface area (TPSA) is 58.6 Å². The number of carbonyl (C=O) groups excluding carboxylic acids is 2. The second-order valence-electron chi connectivity index (χ2n) is 5.43. The molecule has 1 N–H and O–H groups in total. The van der Waals surface area contributed by atoms with Crippen molar-refractivity contribution in [3.63, 3.8) is 0 Å². The predicted octanol–water partition coefficient (Wildman–Crippen LogP) is 1.90. The molecule has 1 aromatic carbocycles. The Morgan fingerprint density at radius 2 is 2.14 bits per heavy atom. The van der Waals surface area contributed by atoms with Crippen LogP contribution in [0.25, 0.3) is 0 Å². The van der Waals surface area contributed by atoms with E-state index in [9.17, 15) is 9.59 Å². The number of ether oxygens (including phenoxy) is 1. The van der Waals surface area contributed by atoms with Gasteiger partial charge in [-0.05, 0) is 32.9 Å². The normalized spacial score (nSPS) is 19.0. The average molecular weight is 327 g/mol. The maximum Gasteiger partial charge on any atom is 0.263 e. The number of carbonyl (C=O) groups is 2. The van der Waals surface area contributed by atoms with Crippen LogP contribution >= 0.6 is 12.4 Å². The Morgan fingerprint density at radius 1 is 1.41 bits per heavy atom. The predicted molar refractivity (Wildman–Crippen MR) is 87.8 cm³/mol. The Hall–Kier alpha value is -1.59. The summed E-state index contributed by atoms with van der Waals surface area (Å²) in [6.45, 7) is 7.59. The summed E-state index contributed by atoms with van der Waals surface area (Å²) in [4.78, 5) is 25.7. The molecule has 0 aromatic heterocycles. The first kappa shape index (κ1) is 18.5. The molecule has 1 unspecified atom stereocenters. The first-order valence-corrected chi connectivity index (χ1v) is 7.28. The van der Waals surface area contributed by atoms with E-state index in [0.717, 1.165) is 13.1 Å². The molecular formula is C16H23ClN2O3. The summed E-state index contributed by atoms with van der Waals surface area (Å²) in [5.74, 6) is 0.513. The number of halogens is 1. The molecule has 1 amide bonds. The van der Waals surface area contributed by atoms with Gasteiger partial charge in [0, 0.05) is 31.2 Å². The molecule has 5 nitrogen and oxygen atoms in total. The van der Waals surface area contributed by atoms with Gasteiger partial charge >= 0.3 is 0 Å². The number of nitrogens with zero attached hydrogens (tertiary/aromatic N) is 1. The number of piperazine rings is 1. The van der Waals surface area contributed by atoms with Gasteiger partial charge in [0.05, 0.1) is 0 Å². The monoisotopic (exact) mass is 326 g/mol. The molecule has 1 aromatic rings. The SMILES string of the molecule is CC(=O)c1cccc(OC(C)C(=O)N2CCNC[C@H]2C)c1.Cl. The lowest BCUT2D eigenvalue weighted by atomic mass is 10.1. The van der Waals surface area contributed by atoms with Crippen LogP contribution in [0.4, 0.5) is 0 Å². The minimum Gasteiger partial charge on any atom is -0.481 e. The molecule has 0 spiro atoms. The zero-order valence-electron chi connectivity index (χ0n) is 13.2. The summed E-state index contributed by atoms with van der Waals surface area (Å²) in [6.07, 6.45) is -0.562. The molecule has 1 aliphatic heterocycles. The quantitative estimate of drug-likeness (QED) is 0.859. The van der Waals surface area contributed by atoms with Crippen LogP contribution in [0.2, 0.25) is 0 Å². The third kappa shape index (κ3) is 4.45. The maximum atomic E-state index is 12.4. The lowest BCUT2D eigenvalue weighted by molar-refractivity contribution is -0.140. The van der Waals surface area contributed by atoms with Gasteiger partial charge in [-0.3, -0.25) is 9.59 Å². The Bertz CT molecular complexity index is 536. The van der Waals surface area contributed by atoms with Gasteiger partial charge in [0.25, 0.3) is 5.91 Å². The lowest BCUT2D eigenvalue weighted by Gasteiger charge is -2.35. The number of hydrogen-bond acceptors (Lipinski definition) is 4. The van der Waals surface area contributed by atoms with E-state index in [0.29, 0.717) is 17.9 Å². The van der Waals surface area contributed by atoms with Gasteiger partial charge in [-0.25, -0.2) is 0 Å². The molecule has 6 heteroatoms. The molecule has 1 fully saturated rings. The summed E-state index contributed by atoms with van der Waals surface area (Å²) in [7, 11) is 0. The van der Waals surface area contributed by atoms with E-state index >= 15 is 0 Å². The van der Waals surface area contributed by atoms with Crippen molar-refractivity contribution in [1.29, 1.82) is 0 Å². The molecule has 1 aliphatic rings. The van der Waals surface area contributed by atoms with E-state index in [1.54, 1.807) is 31.2 Å². The molecule has 2 rings (SSSR count). The molecule has 0 bridgehead atoms. The van der Waals surface area contributed by atoms with E-state index in [2.05, 4.69) is 5.32 Å². The van der Waals surface area contributed by atoms with E-state index in [4.69, 9.17) is 4.74 Å². The Kier molecular flexibility index (Phi) is 6.84. The van der Waals surface area contributed by atoms with Crippen LogP contribution in [0, 0.1) is 0 Å². The van der Waals surface area contributed by atoms with Crippen LogP contribution in [0.3, 0.4) is 0 Å². The molecule has 0 saturated carbocycles. The Labute approximate surface area is 137 Å². The fourth-order valence-corrected chi connectivity index (χ4v) is 2.44. The van der Waals surface area contributed by atoms with Crippen molar-refractivity contribution in [2.45, 2.75) is 32.9 Å². The highest BCUT2D eigenvalue weighted by Crippen LogP contribution is 2.17. The second kappa shape index (κ2) is 8.15. The van der Waals surface area contributed by atoms with Crippen molar-refractivity contribution in [2.75, 3.05) is 19.6 Å². The van der Waals surface area contributed by atoms with Gasteiger partial charge in [0.2, 0.25) is 0 Å². The number of Topliss-reactive ketones (excluding diaryl/α,β-unsaturated/α-hetero) is 1. The Morgan fingerprint density at radius 3 is 2.77 bits per heavy atom. The van der Waals surface area contributed by atoms with Gasteiger partial charge in [-0.2, -0.15) is 0 Å². The van der Waals surface area contributed by atoms with Gasteiger partial charge in [-0.1, -0.05) is 12.1 Å². The highest BCUT2D eigenvalue weighted by Gasteiger charge is 2.27. The van der Waals surface area contributed by atoms with Crippen LogP contribution in [0.1, 0.15) is 31.1 Å². The minimum absolute atomic E-state index is 0. The van der Waals surface area contributed by atoms with Crippen molar-refractivity contribution < 1.29 is 14.3 Å². The van der Waals surface area contributed by atoms with Gasteiger partial charge in [0.15, 0.2) is 11.9 Å². The third-order valence-corrected chi connectivity index (χ3v) is 3.69. The van der Waals surface area contributed by atoms with Crippen LogP contribution in [0.15, 0.2) is 24.3 Å². The summed E-state index contributed by atoms with van der Waals surface area (Å²) in [5, 5.41) is 3.26.